The van der Waals surface area contributed by atoms with Gasteiger partial charge >= 0.3 is 0 Å². The van der Waals surface area contributed by atoms with Crippen molar-refractivity contribution in [1.82, 2.24) is 10.2 Å². The molecule has 1 atom stereocenters. The van der Waals surface area contributed by atoms with Gasteiger partial charge in [-0.2, -0.15) is 11.3 Å². The van der Waals surface area contributed by atoms with Gasteiger partial charge in [-0.05, 0) is 40.1 Å². The van der Waals surface area contributed by atoms with Gasteiger partial charge in [0, 0.05) is 34.3 Å². The van der Waals surface area contributed by atoms with Gasteiger partial charge in [-0.25, -0.2) is 4.39 Å². The first-order valence-corrected chi connectivity index (χ1v) is 8.29. The molecule has 0 radical (unpaired) electrons. The van der Waals surface area contributed by atoms with Gasteiger partial charge in [-0.3, -0.25) is 4.99 Å². The minimum absolute atomic E-state index is 0. The predicted octanol–water partition coefficient (Wildman–Crippen LogP) is 3.90. The number of halogens is 2. The molecular formula is C17H23FIN3OS. The Morgan fingerprint density at radius 3 is 2.58 bits per heavy atom. The van der Waals surface area contributed by atoms with Crippen LogP contribution in [0.5, 0.6) is 0 Å². The fourth-order valence-electron chi connectivity index (χ4n) is 2.31. The lowest BCUT2D eigenvalue weighted by molar-refractivity contribution is 0.106. The lowest BCUT2D eigenvalue weighted by Gasteiger charge is -2.24. The summed E-state index contributed by atoms with van der Waals surface area (Å²) in [5.41, 5.74) is 2.18. The van der Waals surface area contributed by atoms with Crippen molar-refractivity contribution in [3.63, 3.8) is 0 Å². The standard InChI is InChI=1S/C17H22FN3OS.HI/c1-19-17(21(2)11-13-8-9-23-12-13)20-10-16(22-3)14-4-6-15(18)7-5-14;/h4-9,12,16H,10-11H2,1-3H3,(H,19,20);1H. The molecular weight excluding hydrogens is 440 g/mol. The van der Waals surface area contributed by atoms with E-state index in [0.29, 0.717) is 6.54 Å². The molecule has 0 aliphatic rings. The maximum Gasteiger partial charge on any atom is 0.193 e. The molecule has 1 heterocycles. The molecule has 0 bridgehead atoms. The molecule has 1 unspecified atom stereocenters. The summed E-state index contributed by atoms with van der Waals surface area (Å²) in [5, 5.41) is 7.50. The summed E-state index contributed by atoms with van der Waals surface area (Å²) in [7, 11) is 5.40. The topological polar surface area (TPSA) is 36.9 Å². The first-order valence-electron chi connectivity index (χ1n) is 7.35. The van der Waals surface area contributed by atoms with Crippen LogP contribution in [0.1, 0.15) is 17.2 Å². The predicted molar refractivity (Wildman–Crippen MR) is 109 cm³/mol. The lowest BCUT2D eigenvalue weighted by Crippen LogP contribution is -2.40. The van der Waals surface area contributed by atoms with E-state index in [1.807, 2.05) is 7.05 Å². The van der Waals surface area contributed by atoms with Crippen LogP contribution in [0, 0.1) is 5.82 Å². The van der Waals surface area contributed by atoms with E-state index in [4.69, 9.17) is 4.74 Å². The number of hydrogen-bond acceptors (Lipinski definition) is 3. The molecule has 1 N–H and O–H groups in total. The third-order valence-electron chi connectivity index (χ3n) is 3.55. The largest absolute Gasteiger partial charge is 0.375 e. The molecule has 24 heavy (non-hydrogen) atoms. The summed E-state index contributed by atoms with van der Waals surface area (Å²) < 4.78 is 18.5. The Balaban J connectivity index is 0.00000288. The van der Waals surface area contributed by atoms with Crippen LogP contribution in [-0.4, -0.2) is 38.6 Å². The lowest BCUT2D eigenvalue weighted by atomic mass is 10.1. The highest BCUT2D eigenvalue weighted by Crippen LogP contribution is 2.16. The normalized spacial score (nSPS) is 12.4. The maximum atomic E-state index is 13.0. The molecule has 0 saturated carbocycles. The van der Waals surface area contributed by atoms with E-state index in [-0.39, 0.29) is 35.9 Å². The molecule has 0 amide bonds. The van der Waals surface area contributed by atoms with Gasteiger partial charge < -0.3 is 15.0 Å². The summed E-state index contributed by atoms with van der Waals surface area (Å²) in [5.74, 6) is 0.545. The number of nitrogens with one attached hydrogen (secondary N) is 1. The number of benzene rings is 1. The molecule has 4 nitrogen and oxygen atoms in total. The number of hydrogen-bond donors (Lipinski definition) is 1. The van der Waals surface area contributed by atoms with Crippen LogP contribution >= 0.6 is 35.3 Å². The minimum atomic E-state index is -0.247. The second-order valence-corrected chi connectivity index (χ2v) is 5.97. The fourth-order valence-corrected chi connectivity index (χ4v) is 2.97. The monoisotopic (exact) mass is 463 g/mol. The van der Waals surface area contributed by atoms with Crippen LogP contribution in [0.25, 0.3) is 0 Å². The molecule has 0 saturated heterocycles. The van der Waals surface area contributed by atoms with Gasteiger partial charge in [0.25, 0.3) is 0 Å². The SMILES string of the molecule is CN=C(NCC(OC)c1ccc(F)cc1)N(C)Cc1ccsc1.I. The van der Waals surface area contributed by atoms with Crippen molar-refractivity contribution in [3.05, 3.63) is 58.0 Å². The van der Waals surface area contributed by atoms with Gasteiger partial charge in [-0.1, -0.05) is 12.1 Å². The highest BCUT2D eigenvalue weighted by atomic mass is 127. The maximum absolute atomic E-state index is 13.0. The third-order valence-corrected chi connectivity index (χ3v) is 4.28. The second kappa shape index (κ2) is 10.6. The van der Waals surface area contributed by atoms with E-state index in [1.54, 1.807) is 37.6 Å². The van der Waals surface area contributed by atoms with E-state index < -0.39 is 0 Å². The van der Waals surface area contributed by atoms with E-state index in [1.165, 1.54) is 17.7 Å². The quantitative estimate of drug-likeness (QED) is 0.401. The van der Waals surface area contributed by atoms with Gasteiger partial charge in [0.1, 0.15) is 5.82 Å². The van der Waals surface area contributed by atoms with Crippen LogP contribution in [0.3, 0.4) is 0 Å². The zero-order valence-electron chi connectivity index (χ0n) is 14.0. The van der Waals surface area contributed by atoms with Crippen LogP contribution in [-0.2, 0) is 11.3 Å². The van der Waals surface area contributed by atoms with E-state index in [0.717, 1.165) is 18.1 Å². The minimum Gasteiger partial charge on any atom is -0.375 e. The van der Waals surface area contributed by atoms with Gasteiger partial charge in [0.2, 0.25) is 0 Å². The molecule has 7 heteroatoms. The number of ether oxygens (including phenoxy) is 1. The van der Waals surface area contributed by atoms with Crippen LogP contribution in [0.15, 0.2) is 46.1 Å². The van der Waals surface area contributed by atoms with Crippen molar-refractivity contribution in [2.45, 2.75) is 12.6 Å². The van der Waals surface area contributed by atoms with Gasteiger partial charge in [0.05, 0.1) is 6.10 Å². The Labute approximate surface area is 163 Å². The summed E-state index contributed by atoms with van der Waals surface area (Å²) in [4.78, 5) is 6.36. The molecule has 1 aromatic carbocycles. The first-order chi connectivity index (χ1) is 11.1. The van der Waals surface area contributed by atoms with Crippen LogP contribution in [0.2, 0.25) is 0 Å². The molecule has 0 fully saturated rings. The Bertz CT molecular complexity index is 619. The highest BCUT2D eigenvalue weighted by molar-refractivity contribution is 14.0. The Morgan fingerprint density at radius 1 is 1.33 bits per heavy atom. The number of methoxy groups -OCH3 is 1. The number of guanidine groups is 1. The second-order valence-electron chi connectivity index (χ2n) is 5.19. The van der Waals surface area contributed by atoms with Crippen molar-refractivity contribution in [1.29, 1.82) is 0 Å². The molecule has 132 valence electrons. The number of rotatable bonds is 6. The average Bonchev–Trinajstić information content (AvgIpc) is 3.06. The van der Waals surface area contributed by atoms with Crippen molar-refractivity contribution in [2.24, 2.45) is 4.99 Å². The van der Waals surface area contributed by atoms with E-state index >= 15 is 0 Å². The average molecular weight is 463 g/mol. The molecule has 0 aliphatic heterocycles. The Morgan fingerprint density at radius 2 is 2.04 bits per heavy atom. The molecule has 2 rings (SSSR count). The molecule has 0 spiro atoms. The van der Waals surface area contributed by atoms with Crippen molar-refractivity contribution >= 4 is 41.3 Å². The molecule has 1 aromatic heterocycles. The number of nitrogens with zero attached hydrogens (tertiary/aromatic N) is 2. The number of thiophene rings is 1. The summed E-state index contributed by atoms with van der Waals surface area (Å²) in [6.07, 6.45) is -0.165. The van der Waals surface area contributed by atoms with E-state index in [2.05, 4.69) is 32.0 Å². The Kier molecular flexibility index (Phi) is 9.24. The summed E-state index contributed by atoms with van der Waals surface area (Å²) in [6, 6.07) is 8.47. The molecule has 2 aromatic rings. The van der Waals surface area contributed by atoms with Crippen molar-refractivity contribution < 1.29 is 9.13 Å². The summed E-state index contributed by atoms with van der Waals surface area (Å²) in [6.45, 7) is 1.35. The first kappa shape index (κ1) is 20.9. The van der Waals surface area contributed by atoms with E-state index in [9.17, 15) is 4.39 Å². The van der Waals surface area contributed by atoms with Crippen molar-refractivity contribution in [2.75, 3.05) is 27.7 Å². The van der Waals surface area contributed by atoms with Crippen LogP contribution < -0.4 is 5.32 Å². The van der Waals surface area contributed by atoms with Gasteiger partial charge in [0.15, 0.2) is 5.96 Å². The van der Waals surface area contributed by atoms with Gasteiger partial charge in [-0.15, -0.1) is 24.0 Å². The smallest absolute Gasteiger partial charge is 0.193 e. The summed E-state index contributed by atoms with van der Waals surface area (Å²) >= 11 is 1.68. The van der Waals surface area contributed by atoms with Crippen molar-refractivity contribution in [3.8, 4) is 0 Å². The third kappa shape index (κ3) is 6.03. The fraction of sp³-hybridized carbons (Fsp3) is 0.353. The highest BCUT2D eigenvalue weighted by Gasteiger charge is 2.13. The van der Waals surface area contributed by atoms with Crippen LogP contribution in [0.4, 0.5) is 4.39 Å². The molecule has 0 aliphatic carbocycles. The zero-order valence-corrected chi connectivity index (χ0v) is 17.2. The zero-order chi connectivity index (χ0) is 16.7. The number of aliphatic imine (C=N–C) groups is 1. The Hall–Kier alpha value is -1.19.